The molecule has 0 aromatic carbocycles. The molecule has 1 unspecified atom stereocenters. The van der Waals surface area contributed by atoms with Crippen LogP contribution in [0.5, 0.6) is 0 Å². The van der Waals surface area contributed by atoms with Crippen LogP contribution in [0.15, 0.2) is 0 Å². The average Bonchev–Trinajstić information content (AvgIpc) is 2.42. The van der Waals surface area contributed by atoms with E-state index in [4.69, 9.17) is 14.9 Å². The fraction of sp³-hybridized carbons (Fsp3) is 0.818. The second kappa shape index (κ2) is 9.38. The lowest BCUT2D eigenvalue weighted by Gasteiger charge is -2.27. The molecule has 0 amide bonds. The molecule has 19 heavy (non-hydrogen) atoms. The first kappa shape index (κ1) is 18.5. The van der Waals surface area contributed by atoms with Crippen molar-refractivity contribution in [3.8, 4) is 0 Å². The van der Waals surface area contributed by atoms with Crippen LogP contribution in [0, 0.1) is 0 Å². The maximum atomic E-state index is 11.6. The van der Waals surface area contributed by atoms with Gasteiger partial charge in [-0.25, -0.2) is 0 Å². The zero-order valence-electron chi connectivity index (χ0n) is 10.5. The highest BCUT2D eigenvalue weighted by Crippen LogP contribution is 2.14. The molecular weight excluding hydrogens is 324 g/mol. The van der Waals surface area contributed by atoms with Crippen LogP contribution in [0.4, 0.5) is 0 Å². The summed E-state index contributed by atoms with van der Waals surface area (Å²) in [5, 5.41) is 37.1. The number of esters is 1. The number of halogens is 1. The smallest absolute Gasteiger partial charge is 0.320 e. The Hall–Kier alpha value is -0.540. The molecule has 0 saturated heterocycles. The number of aldehydes is 1. The summed E-state index contributed by atoms with van der Waals surface area (Å²) < 4.78 is 4.82. The van der Waals surface area contributed by atoms with Crippen LogP contribution in [0.2, 0.25) is 0 Å². The Bertz CT molecular complexity index is 286. The van der Waals surface area contributed by atoms with Gasteiger partial charge in [0, 0.05) is 0 Å². The molecule has 0 rings (SSSR count). The minimum atomic E-state index is -1.84. The Kier molecular flexibility index (Phi) is 9.11. The molecule has 0 saturated carbocycles. The van der Waals surface area contributed by atoms with E-state index in [1.54, 1.807) is 0 Å². The highest BCUT2D eigenvalue weighted by molar-refractivity contribution is 9.10. The fourth-order valence-electron chi connectivity index (χ4n) is 1.31. The molecule has 0 fully saturated rings. The van der Waals surface area contributed by atoms with E-state index in [1.807, 2.05) is 6.92 Å². The first-order chi connectivity index (χ1) is 8.88. The molecule has 0 aliphatic heterocycles. The number of rotatable bonds is 9. The van der Waals surface area contributed by atoms with Crippen molar-refractivity contribution in [3.05, 3.63) is 0 Å². The average molecular weight is 343 g/mol. The number of ether oxygens (including phenoxy) is 1. The lowest BCUT2D eigenvalue weighted by Crippen LogP contribution is -2.48. The van der Waals surface area contributed by atoms with Gasteiger partial charge in [-0.2, -0.15) is 0 Å². The van der Waals surface area contributed by atoms with E-state index in [9.17, 15) is 19.8 Å². The highest BCUT2D eigenvalue weighted by atomic mass is 79.9. The van der Waals surface area contributed by atoms with Crippen LogP contribution >= 0.6 is 15.9 Å². The largest absolute Gasteiger partial charge is 0.456 e. The predicted molar refractivity (Wildman–Crippen MR) is 68.7 cm³/mol. The lowest BCUT2D eigenvalue weighted by atomic mass is 10.0. The molecule has 8 heteroatoms. The van der Waals surface area contributed by atoms with Crippen LogP contribution in [0.3, 0.4) is 0 Å². The van der Waals surface area contributed by atoms with Crippen LogP contribution in [-0.4, -0.2) is 68.5 Å². The van der Waals surface area contributed by atoms with Gasteiger partial charge in [0.15, 0.2) is 12.4 Å². The molecular formula is C11H19BrO7. The maximum Gasteiger partial charge on any atom is 0.320 e. The monoisotopic (exact) mass is 342 g/mol. The summed E-state index contributed by atoms with van der Waals surface area (Å²) in [6, 6.07) is 0. The van der Waals surface area contributed by atoms with E-state index in [0.717, 1.165) is 6.42 Å². The quantitative estimate of drug-likeness (QED) is 0.234. The third-order valence-corrected chi connectivity index (χ3v) is 3.30. The van der Waals surface area contributed by atoms with Crippen molar-refractivity contribution in [2.45, 2.75) is 49.0 Å². The van der Waals surface area contributed by atoms with Crippen molar-refractivity contribution in [1.29, 1.82) is 0 Å². The summed E-state index contributed by atoms with van der Waals surface area (Å²) >= 11 is 3.08. The van der Waals surface area contributed by atoms with Crippen molar-refractivity contribution >= 4 is 28.2 Å². The highest BCUT2D eigenvalue weighted by Gasteiger charge is 2.34. The van der Waals surface area contributed by atoms with Gasteiger partial charge in [0.1, 0.15) is 23.1 Å². The number of hydrogen-bond acceptors (Lipinski definition) is 7. The number of alkyl halides is 1. The maximum absolute atomic E-state index is 11.6. The normalized spacial score (nSPS) is 19.1. The molecule has 112 valence electrons. The summed E-state index contributed by atoms with van der Waals surface area (Å²) in [4.78, 5) is 21.3. The fourth-order valence-corrected chi connectivity index (χ4v) is 1.88. The van der Waals surface area contributed by atoms with Gasteiger partial charge in [-0.05, 0) is 6.42 Å². The number of aliphatic hydroxyl groups excluding tert-OH is 4. The standard InChI is InChI=1S/C11H19BrO7/c1-2-3-6(12)11(18)19-8(5-14)10(17)9(16)7(15)4-13/h4,6-10,14-17H,2-3,5H2,1H3/t6?,7-,8+,9+,10+/m0/s1. The van der Waals surface area contributed by atoms with Crippen LogP contribution in [0.1, 0.15) is 19.8 Å². The summed E-state index contributed by atoms with van der Waals surface area (Å²) in [6.07, 6.45) is -5.59. The topological polar surface area (TPSA) is 124 Å². The molecule has 0 bridgehead atoms. The molecule has 0 aliphatic rings. The second-order valence-electron chi connectivity index (χ2n) is 4.02. The first-order valence-electron chi connectivity index (χ1n) is 5.83. The first-order valence-corrected chi connectivity index (χ1v) is 6.75. The number of carbonyl (C=O) groups is 2. The van der Waals surface area contributed by atoms with Crippen LogP contribution < -0.4 is 0 Å². The third kappa shape index (κ3) is 5.96. The summed E-state index contributed by atoms with van der Waals surface area (Å²) in [5.74, 6) is -0.701. The minimum absolute atomic E-state index is 0.0362. The SMILES string of the molecule is CCCC(Br)C(=O)O[C@H](CO)[C@@H](O)[C@H](O)[C@@H](O)C=O. The Balaban J connectivity index is 4.56. The molecule has 0 radical (unpaired) electrons. The summed E-state index contributed by atoms with van der Waals surface area (Å²) in [6.45, 7) is 1.12. The van der Waals surface area contributed by atoms with Crippen molar-refractivity contribution < 1.29 is 34.8 Å². The Morgan fingerprint density at radius 1 is 1.32 bits per heavy atom. The van der Waals surface area contributed by atoms with E-state index in [0.29, 0.717) is 6.42 Å². The van der Waals surface area contributed by atoms with E-state index < -0.39 is 41.8 Å². The number of aliphatic hydroxyl groups is 4. The molecule has 0 aliphatic carbocycles. The predicted octanol–water partition coefficient (Wildman–Crippen LogP) is -1.26. The van der Waals surface area contributed by atoms with Gasteiger partial charge >= 0.3 is 5.97 Å². The molecule has 5 atom stereocenters. The third-order valence-electron chi connectivity index (χ3n) is 2.47. The molecule has 0 spiro atoms. The Morgan fingerprint density at radius 2 is 1.89 bits per heavy atom. The van der Waals surface area contributed by atoms with Gasteiger partial charge in [0.25, 0.3) is 0 Å². The molecule has 0 heterocycles. The molecule has 0 aromatic heterocycles. The van der Waals surface area contributed by atoms with E-state index in [2.05, 4.69) is 15.9 Å². The van der Waals surface area contributed by atoms with Gasteiger partial charge in [-0.15, -0.1) is 0 Å². The number of carbonyl (C=O) groups excluding carboxylic acids is 2. The zero-order valence-corrected chi connectivity index (χ0v) is 12.1. The van der Waals surface area contributed by atoms with E-state index in [1.165, 1.54) is 0 Å². The van der Waals surface area contributed by atoms with Crippen molar-refractivity contribution in [2.24, 2.45) is 0 Å². The van der Waals surface area contributed by atoms with Gasteiger partial charge in [-0.3, -0.25) is 4.79 Å². The lowest BCUT2D eigenvalue weighted by molar-refractivity contribution is -0.168. The van der Waals surface area contributed by atoms with Gasteiger partial charge in [-0.1, -0.05) is 29.3 Å². The molecule has 7 nitrogen and oxygen atoms in total. The Labute approximate surface area is 119 Å². The summed E-state index contributed by atoms with van der Waals surface area (Å²) in [7, 11) is 0. The molecule has 0 aromatic rings. The summed E-state index contributed by atoms with van der Waals surface area (Å²) in [5.41, 5.74) is 0. The van der Waals surface area contributed by atoms with E-state index in [-0.39, 0.29) is 6.29 Å². The van der Waals surface area contributed by atoms with Crippen molar-refractivity contribution in [1.82, 2.24) is 0 Å². The number of hydrogen-bond donors (Lipinski definition) is 4. The van der Waals surface area contributed by atoms with Gasteiger partial charge in [0.05, 0.1) is 6.61 Å². The van der Waals surface area contributed by atoms with E-state index >= 15 is 0 Å². The van der Waals surface area contributed by atoms with Gasteiger partial charge < -0.3 is 30.0 Å². The van der Waals surface area contributed by atoms with Gasteiger partial charge in [0.2, 0.25) is 0 Å². The Morgan fingerprint density at radius 3 is 2.32 bits per heavy atom. The molecule has 4 N–H and O–H groups in total. The second-order valence-corrected chi connectivity index (χ2v) is 5.13. The van der Waals surface area contributed by atoms with Crippen molar-refractivity contribution in [2.75, 3.05) is 6.61 Å². The zero-order chi connectivity index (χ0) is 15.0. The van der Waals surface area contributed by atoms with Crippen LogP contribution in [-0.2, 0) is 14.3 Å². The minimum Gasteiger partial charge on any atom is -0.456 e. The van der Waals surface area contributed by atoms with Crippen LogP contribution in [0.25, 0.3) is 0 Å². The van der Waals surface area contributed by atoms with Crippen molar-refractivity contribution in [3.63, 3.8) is 0 Å².